The Morgan fingerprint density at radius 3 is 2.76 bits per heavy atom. The van der Waals surface area contributed by atoms with Crippen molar-refractivity contribution in [2.75, 3.05) is 12.4 Å². The lowest BCUT2D eigenvalue weighted by Gasteiger charge is -2.34. The van der Waals surface area contributed by atoms with E-state index in [9.17, 15) is 13.2 Å². The van der Waals surface area contributed by atoms with Gasteiger partial charge in [-0.25, -0.2) is 4.68 Å². The minimum absolute atomic E-state index is 0.126. The molecule has 21 heavy (non-hydrogen) atoms. The van der Waals surface area contributed by atoms with Crippen molar-refractivity contribution in [3.05, 3.63) is 42.1 Å². The molecule has 112 valence electrons. The van der Waals surface area contributed by atoms with Gasteiger partial charge in [0.15, 0.2) is 6.04 Å². The number of rotatable bonds is 2. The topological polar surface area (TPSA) is 39.1 Å². The van der Waals surface area contributed by atoms with Crippen LogP contribution in [0.4, 0.5) is 19.0 Å². The maximum absolute atomic E-state index is 13.2. The maximum atomic E-state index is 13.2. The number of nitrogens with zero attached hydrogens (tertiary/aromatic N) is 2. The number of aromatic nitrogens is 2. The van der Waals surface area contributed by atoms with Gasteiger partial charge in [-0.05, 0) is 6.07 Å². The monoisotopic (exact) mass is 297 g/mol. The predicted molar refractivity (Wildman–Crippen MR) is 71.3 cm³/mol. The summed E-state index contributed by atoms with van der Waals surface area (Å²) >= 11 is 0. The van der Waals surface area contributed by atoms with Gasteiger partial charge in [0, 0.05) is 18.1 Å². The van der Waals surface area contributed by atoms with Crippen LogP contribution in [-0.4, -0.2) is 23.1 Å². The molecule has 3 rings (SSSR count). The van der Waals surface area contributed by atoms with Gasteiger partial charge in [0.2, 0.25) is 0 Å². The van der Waals surface area contributed by atoms with Crippen molar-refractivity contribution in [2.24, 2.45) is 0 Å². The fourth-order valence-electron chi connectivity index (χ4n) is 2.67. The average Bonchev–Trinajstić information content (AvgIpc) is 2.93. The van der Waals surface area contributed by atoms with Crippen molar-refractivity contribution >= 4 is 5.82 Å². The zero-order valence-corrected chi connectivity index (χ0v) is 11.3. The average molecular weight is 297 g/mol. The zero-order chi connectivity index (χ0) is 15.0. The second-order valence-corrected chi connectivity index (χ2v) is 4.89. The molecule has 0 saturated carbocycles. The van der Waals surface area contributed by atoms with Gasteiger partial charge in [-0.1, -0.05) is 18.2 Å². The molecule has 1 N–H and O–H groups in total. The summed E-state index contributed by atoms with van der Waals surface area (Å²) in [6.45, 7) is 0. The molecule has 4 nitrogen and oxygen atoms in total. The molecule has 0 spiro atoms. The number of alkyl halides is 3. The van der Waals surface area contributed by atoms with Crippen LogP contribution in [0.15, 0.2) is 36.5 Å². The molecule has 0 bridgehead atoms. The lowest BCUT2D eigenvalue weighted by molar-refractivity contribution is -0.173. The molecule has 0 aliphatic carbocycles. The Hall–Kier alpha value is -2.18. The largest absolute Gasteiger partial charge is 0.496 e. The Labute approximate surface area is 119 Å². The molecule has 1 aliphatic heterocycles. The molecule has 2 atom stereocenters. The van der Waals surface area contributed by atoms with Crippen molar-refractivity contribution in [2.45, 2.75) is 24.7 Å². The Balaban J connectivity index is 2.00. The van der Waals surface area contributed by atoms with Gasteiger partial charge in [-0.15, -0.1) is 0 Å². The van der Waals surface area contributed by atoms with E-state index < -0.39 is 18.3 Å². The summed E-state index contributed by atoms with van der Waals surface area (Å²) < 4.78 is 46.0. The van der Waals surface area contributed by atoms with Gasteiger partial charge in [-0.3, -0.25) is 0 Å². The second-order valence-electron chi connectivity index (χ2n) is 4.89. The minimum atomic E-state index is -4.34. The fourth-order valence-corrected chi connectivity index (χ4v) is 2.67. The van der Waals surface area contributed by atoms with E-state index >= 15 is 0 Å². The minimum Gasteiger partial charge on any atom is -0.496 e. The smallest absolute Gasteiger partial charge is 0.410 e. The fraction of sp³-hybridized carbons (Fsp3) is 0.357. The number of hydrogen-bond acceptors (Lipinski definition) is 3. The highest BCUT2D eigenvalue weighted by Gasteiger charge is 2.46. The highest BCUT2D eigenvalue weighted by Crippen LogP contribution is 2.44. The lowest BCUT2D eigenvalue weighted by atomic mass is 9.96. The first-order valence-corrected chi connectivity index (χ1v) is 6.50. The van der Waals surface area contributed by atoms with Crippen LogP contribution in [0, 0.1) is 0 Å². The number of para-hydroxylation sites is 1. The molecule has 2 heterocycles. The van der Waals surface area contributed by atoms with Crippen LogP contribution in [0.5, 0.6) is 5.75 Å². The second kappa shape index (κ2) is 4.98. The number of hydrogen-bond donors (Lipinski definition) is 1. The summed E-state index contributed by atoms with van der Waals surface area (Å²) in [5.74, 6) is 0.934. The predicted octanol–water partition coefficient (Wildman–Crippen LogP) is 3.55. The zero-order valence-electron chi connectivity index (χ0n) is 11.3. The molecule has 0 saturated heterocycles. The third kappa shape index (κ3) is 2.43. The quantitative estimate of drug-likeness (QED) is 0.921. The molecule has 0 radical (unpaired) electrons. The van der Waals surface area contributed by atoms with Crippen LogP contribution in [0.1, 0.15) is 24.1 Å². The molecule has 1 aliphatic rings. The molecular formula is C14H14F3N3O. The van der Waals surface area contributed by atoms with Crippen LogP contribution in [0.3, 0.4) is 0 Å². The highest BCUT2D eigenvalue weighted by molar-refractivity contribution is 5.45. The third-order valence-electron chi connectivity index (χ3n) is 3.64. The summed E-state index contributed by atoms with van der Waals surface area (Å²) in [6.07, 6.45) is -3.10. The van der Waals surface area contributed by atoms with Gasteiger partial charge in [0.25, 0.3) is 0 Å². The van der Waals surface area contributed by atoms with Crippen LogP contribution >= 0.6 is 0 Å². The molecule has 0 amide bonds. The van der Waals surface area contributed by atoms with E-state index in [0.717, 1.165) is 4.68 Å². The number of fused-ring (bicyclic) bond motifs is 1. The SMILES string of the molecule is COc1ccccc1[C@H]1C[C@H](C(F)(F)F)n2nccc2N1. The number of halogens is 3. The highest BCUT2D eigenvalue weighted by atomic mass is 19.4. The standard InChI is InChI=1S/C14H14F3N3O/c1-21-11-5-3-2-4-9(11)10-8-12(14(15,16)17)20-13(19-10)6-7-18-20/h2-7,10,12,19H,8H2,1H3/t10-,12-/m1/s1. The van der Waals surface area contributed by atoms with Crippen molar-refractivity contribution in [1.82, 2.24) is 9.78 Å². The normalized spacial score (nSPS) is 21.5. The van der Waals surface area contributed by atoms with Crippen LogP contribution in [-0.2, 0) is 0 Å². The van der Waals surface area contributed by atoms with Gasteiger partial charge >= 0.3 is 6.18 Å². The summed E-state index contributed by atoms with van der Waals surface area (Å²) in [4.78, 5) is 0. The van der Waals surface area contributed by atoms with Crippen molar-refractivity contribution < 1.29 is 17.9 Å². The summed E-state index contributed by atoms with van der Waals surface area (Å²) in [6, 6.07) is 6.52. The molecule has 0 fully saturated rings. The van der Waals surface area contributed by atoms with Crippen molar-refractivity contribution in [3.8, 4) is 5.75 Å². The molecule has 0 unspecified atom stereocenters. The lowest BCUT2D eigenvalue weighted by Crippen LogP contribution is -2.35. The summed E-state index contributed by atoms with van der Waals surface area (Å²) in [7, 11) is 1.51. The summed E-state index contributed by atoms with van der Waals surface area (Å²) in [5.41, 5.74) is 0.710. The van der Waals surface area contributed by atoms with Crippen molar-refractivity contribution in [1.29, 1.82) is 0 Å². The number of benzene rings is 1. The Morgan fingerprint density at radius 2 is 2.05 bits per heavy atom. The van der Waals surface area contributed by atoms with E-state index in [1.165, 1.54) is 13.3 Å². The van der Waals surface area contributed by atoms with E-state index in [-0.39, 0.29) is 6.42 Å². The Bertz CT molecular complexity index is 638. The molecule has 7 heteroatoms. The molecular weight excluding hydrogens is 283 g/mol. The van der Waals surface area contributed by atoms with Crippen LogP contribution < -0.4 is 10.1 Å². The van der Waals surface area contributed by atoms with E-state index in [2.05, 4.69) is 10.4 Å². The Kier molecular flexibility index (Phi) is 3.27. The number of ether oxygens (including phenoxy) is 1. The van der Waals surface area contributed by atoms with Crippen LogP contribution in [0.25, 0.3) is 0 Å². The summed E-state index contributed by atoms with van der Waals surface area (Å²) in [5, 5.41) is 6.87. The first kappa shape index (κ1) is 13.8. The molecule has 1 aromatic carbocycles. The van der Waals surface area contributed by atoms with Crippen LogP contribution in [0.2, 0.25) is 0 Å². The van der Waals surface area contributed by atoms with E-state index in [1.54, 1.807) is 30.3 Å². The Morgan fingerprint density at radius 1 is 1.29 bits per heavy atom. The van der Waals surface area contributed by atoms with Crippen molar-refractivity contribution in [3.63, 3.8) is 0 Å². The van der Waals surface area contributed by atoms with Gasteiger partial charge in [-0.2, -0.15) is 18.3 Å². The number of methoxy groups -OCH3 is 1. The third-order valence-corrected chi connectivity index (χ3v) is 3.64. The van der Waals surface area contributed by atoms with E-state index in [1.807, 2.05) is 0 Å². The number of anilines is 1. The van der Waals surface area contributed by atoms with Gasteiger partial charge in [0.05, 0.1) is 19.3 Å². The van der Waals surface area contributed by atoms with Gasteiger partial charge in [0.1, 0.15) is 11.6 Å². The van der Waals surface area contributed by atoms with E-state index in [4.69, 9.17) is 4.74 Å². The molecule has 2 aromatic rings. The first-order chi connectivity index (χ1) is 10.0. The first-order valence-electron chi connectivity index (χ1n) is 6.50. The molecule has 1 aromatic heterocycles. The maximum Gasteiger partial charge on any atom is 0.410 e. The van der Waals surface area contributed by atoms with E-state index in [0.29, 0.717) is 17.1 Å². The number of nitrogens with one attached hydrogen (secondary N) is 1. The van der Waals surface area contributed by atoms with Gasteiger partial charge < -0.3 is 10.1 Å².